The molecular weight excluding hydrogens is 190 g/mol. The Morgan fingerprint density at radius 1 is 1.00 bits per heavy atom. The number of nitrogens with two attached hydrogens (primary N) is 2. The summed E-state index contributed by atoms with van der Waals surface area (Å²) in [4.78, 5) is 10.5. The summed E-state index contributed by atoms with van der Waals surface area (Å²) in [6.45, 7) is 3.80. The topological polar surface area (TPSA) is 81.1 Å². The zero-order chi connectivity index (χ0) is 10.8. The highest BCUT2D eigenvalue weighted by atomic mass is 15.2. The molecule has 0 amide bonds. The normalized spacial score (nSPS) is 16.7. The molecule has 1 aromatic rings. The maximum absolute atomic E-state index is 5.88. The Labute approximate surface area is 89.5 Å². The van der Waals surface area contributed by atoms with Crippen LogP contribution in [0.15, 0.2) is 0 Å². The largest absolute Gasteiger partial charge is 0.382 e. The van der Waals surface area contributed by atoms with Crippen LogP contribution in [0.3, 0.4) is 0 Å². The van der Waals surface area contributed by atoms with Gasteiger partial charge in [-0.3, -0.25) is 0 Å². The minimum atomic E-state index is 0.502. The summed E-state index contributed by atoms with van der Waals surface area (Å²) in [5, 5.41) is 0. The Morgan fingerprint density at radius 3 is 2.07 bits per heavy atom. The first-order chi connectivity index (χ1) is 7.18. The van der Waals surface area contributed by atoms with Crippen LogP contribution in [-0.4, -0.2) is 23.1 Å². The van der Waals surface area contributed by atoms with Crippen molar-refractivity contribution in [2.24, 2.45) is 0 Å². The Morgan fingerprint density at radius 2 is 1.53 bits per heavy atom. The standard InChI is InChI=1S/C10H17N5/c1-7-13-9(11)8(10(12)14-7)15-5-3-2-4-6-15/h2-6H2,1H3,(H4,11,12,13,14). The molecule has 0 unspecified atom stereocenters. The van der Waals surface area contributed by atoms with Crippen LogP contribution in [0.1, 0.15) is 25.1 Å². The molecule has 0 aromatic carbocycles. The first kappa shape index (κ1) is 10.0. The van der Waals surface area contributed by atoms with E-state index in [0.717, 1.165) is 18.8 Å². The predicted molar refractivity (Wildman–Crippen MR) is 61.7 cm³/mol. The molecule has 1 aromatic heterocycles. The van der Waals surface area contributed by atoms with Crippen LogP contribution in [-0.2, 0) is 0 Å². The summed E-state index contributed by atoms with van der Waals surface area (Å²) < 4.78 is 0. The molecule has 4 N–H and O–H groups in total. The summed E-state index contributed by atoms with van der Waals surface area (Å²) in [5.41, 5.74) is 12.6. The molecule has 1 aliphatic rings. The van der Waals surface area contributed by atoms with E-state index in [9.17, 15) is 0 Å². The van der Waals surface area contributed by atoms with E-state index in [-0.39, 0.29) is 0 Å². The van der Waals surface area contributed by atoms with Gasteiger partial charge < -0.3 is 16.4 Å². The van der Waals surface area contributed by atoms with E-state index in [2.05, 4.69) is 14.9 Å². The van der Waals surface area contributed by atoms with E-state index >= 15 is 0 Å². The van der Waals surface area contributed by atoms with Crippen molar-refractivity contribution in [3.8, 4) is 0 Å². The molecule has 15 heavy (non-hydrogen) atoms. The van der Waals surface area contributed by atoms with E-state index < -0.39 is 0 Å². The van der Waals surface area contributed by atoms with Crippen molar-refractivity contribution in [1.82, 2.24) is 9.97 Å². The number of rotatable bonds is 1. The third-order valence-electron chi connectivity index (χ3n) is 2.72. The minimum absolute atomic E-state index is 0.502. The summed E-state index contributed by atoms with van der Waals surface area (Å²) in [7, 11) is 0. The fourth-order valence-electron chi connectivity index (χ4n) is 2.05. The zero-order valence-electron chi connectivity index (χ0n) is 9.03. The van der Waals surface area contributed by atoms with Gasteiger partial charge in [0.1, 0.15) is 11.5 Å². The van der Waals surface area contributed by atoms with Gasteiger partial charge in [-0.2, -0.15) is 0 Å². The lowest BCUT2D eigenvalue weighted by Gasteiger charge is -2.29. The third-order valence-corrected chi connectivity index (χ3v) is 2.72. The van der Waals surface area contributed by atoms with Crippen LogP contribution < -0.4 is 16.4 Å². The fourth-order valence-corrected chi connectivity index (χ4v) is 2.05. The number of nitrogen functional groups attached to an aromatic ring is 2. The van der Waals surface area contributed by atoms with Gasteiger partial charge in [0.05, 0.1) is 0 Å². The monoisotopic (exact) mass is 207 g/mol. The predicted octanol–water partition coefficient (Wildman–Crippen LogP) is 0.940. The van der Waals surface area contributed by atoms with Crippen molar-refractivity contribution in [1.29, 1.82) is 0 Å². The number of piperidine rings is 1. The van der Waals surface area contributed by atoms with Gasteiger partial charge in [0, 0.05) is 13.1 Å². The molecule has 0 saturated carbocycles. The number of aromatic nitrogens is 2. The summed E-state index contributed by atoms with van der Waals surface area (Å²) in [6, 6.07) is 0. The van der Waals surface area contributed by atoms with Crippen LogP contribution in [0.25, 0.3) is 0 Å². The van der Waals surface area contributed by atoms with Crippen molar-refractivity contribution >= 4 is 17.3 Å². The highest BCUT2D eigenvalue weighted by Crippen LogP contribution is 2.29. The molecule has 0 atom stereocenters. The van der Waals surface area contributed by atoms with Gasteiger partial charge in [-0.1, -0.05) is 0 Å². The Kier molecular flexibility index (Phi) is 2.62. The van der Waals surface area contributed by atoms with Crippen LogP contribution in [0.5, 0.6) is 0 Å². The first-order valence-electron chi connectivity index (χ1n) is 5.33. The van der Waals surface area contributed by atoms with Crippen LogP contribution in [0, 0.1) is 6.92 Å². The maximum atomic E-state index is 5.88. The third kappa shape index (κ3) is 1.95. The molecule has 0 aliphatic carbocycles. The molecule has 2 heterocycles. The molecule has 0 bridgehead atoms. The van der Waals surface area contributed by atoms with Crippen molar-refractivity contribution in [3.63, 3.8) is 0 Å². The highest BCUT2D eigenvalue weighted by molar-refractivity contribution is 5.75. The van der Waals surface area contributed by atoms with Crippen molar-refractivity contribution in [2.75, 3.05) is 29.5 Å². The molecule has 5 heteroatoms. The first-order valence-corrected chi connectivity index (χ1v) is 5.33. The van der Waals surface area contributed by atoms with Gasteiger partial charge in [-0.05, 0) is 26.2 Å². The second kappa shape index (κ2) is 3.92. The number of anilines is 3. The molecule has 1 fully saturated rings. The van der Waals surface area contributed by atoms with E-state index in [4.69, 9.17) is 11.5 Å². The quantitative estimate of drug-likeness (QED) is 0.716. The van der Waals surface area contributed by atoms with Gasteiger partial charge in [0.25, 0.3) is 0 Å². The summed E-state index contributed by atoms with van der Waals surface area (Å²) >= 11 is 0. The number of hydrogen-bond acceptors (Lipinski definition) is 5. The van der Waals surface area contributed by atoms with E-state index in [1.807, 2.05) is 0 Å². The lowest BCUT2D eigenvalue weighted by atomic mass is 10.1. The Hall–Kier alpha value is -1.52. The maximum Gasteiger partial charge on any atom is 0.153 e. The van der Waals surface area contributed by atoms with Crippen LogP contribution in [0.2, 0.25) is 0 Å². The van der Waals surface area contributed by atoms with Crippen molar-refractivity contribution < 1.29 is 0 Å². The number of hydrogen-bond donors (Lipinski definition) is 2. The van der Waals surface area contributed by atoms with Gasteiger partial charge in [-0.15, -0.1) is 0 Å². The van der Waals surface area contributed by atoms with Gasteiger partial charge in [0.15, 0.2) is 11.6 Å². The molecule has 1 aliphatic heterocycles. The SMILES string of the molecule is Cc1nc(N)c(N2CCCCC2)c(N)n1. The Balaban J connectivity index is 2.33. The van der Waals surface area contributed by atoms with E-state index in [1.54, 1.807) is 6.92 Å². The van der Waals surface area contributed by atoms with E-state index in [1.165, 1.54) is 19.3 Å². The second-order valence-corrected chi connectivity index (χ2v) is 3.94. The molecule has 5 nitrogen and oxygen atoms in total. The van der Waals surface area contributed by atoms with Gasteiger partial charge >= 0.3 is 0 Å². The average Bonchev–Trinajstić information content (AvgIpc) is 2.17. The van der Waals surface area contributed by atoms with Crippen molar-refractivity contribution in [3.05, 3.63) is 5.82 Å². The minimum Gasteiger partial charge on any atom is -0.382 e. The smallest absolute Gasteiger partial charge is 0.153 e. The average molecular weight is 207 g/mol. The molecular formula is C10H17N5. The second-order valence-electron chi connectivity index (χ2n) is 3.94. The molecule has 0 spiro atoms. The number of nitrogens with zero attached hydrogens (tertiary/aromatic N) is 3. The Bertz CT molecular complexity index is 334. The molecule has 0 radical (unpaired) electrons. The molecule has 2 rings (SSSR count). The van der Waals surface area contributed by atoms with Crippen LogP contribution >= 0.6 is 0 Å². The fraction of sp³-hybridized carbons (Fsp3) is 0.600. The lowest BCUT2D eigenvalue weighted by Crippen LogP contribution is -2.31. The van der Waals surface area contributed by atoms with Gasteiger partial charge in [0.2, 0.25) is 0 Å². The summed E-state index contributed by atoms with van der Waals surface area (Å²) in [6.07, 6.45) is 3.66. The van der Waals surface area contributed by atoms with E-state index in [0.29, 0.717) is 17.5 Å². The van der Waals surface area contributed by atoms with Crippen molar-refractivity contribution in [2.45, 2.75) is 26.2 Å². The lowest BCUT2D eigenvalue weighted by molar-refractivity contribution is 0.577. The van der Waals surface area contributed by atoms with Crippen LogP contribution in [0.4, 0.5) is 17.3 Å². The molecule has 82 valence electrons. The highest BCUT2D eigenvalue weighted by Gasteiger charge is 2.18. The summed E-state index contributed by atoms with van der Waals surface area (Å²) in [5.74, 6) is 1.63. The number of aryl methyl sites for hydroxylation is 1. The van der Waals surface area contributed by atoms with Gasteiger partial charge in [-0.25, -0.2) is 9.97 Å². The zero-order valence-corrected chi connectivity index (χ0v) is 9.03. The molecule has 1 saturated heterocycles.